The first-order chi connectivity index (χ1) is 15.1. The summed E-state index contributed by atoms with van der Waals surface area (Å²) in [5, 5.41) is 9.06. The van der Waals surface area contributed by atoms with Crippen molar-refractivity contribution in [3.63, 3.8) is 0 Å². The highest BCUT2D eigenvalue weighted by molar-refractivity contribution is 5.87. The van der Waals surface area contributed by atoms with Gasteiger partial charge in [0, 0.05) is 18.8 Å². The average Bonchev–Trinajstić information content (AvgIpc) is 2.80. The fourth-order valence-electron chi connectivity index (χ4n) is 3.72. The van der Waals surface area contributed by atoms with Crippen LogP contribution in [-0.2, 0) is 19.4 Å². The normalized spacial score (nSPS) is 10.6. The number of ether oxygens (including phenoxy) is 1. The quantitative estimate of drug-likeness (QED) is 0.417. The van der Waals surface area contributed by atoms with Crippen molar-refractivity contribution in [1.82, 2.24) is 0 Å². The SMILES string of the molecule is CCN(CC)c1ccc(OCc2ccccc2)c(CCCc2ccc(C(=O)O)cc2)c1. The molecule has 3 aromatic rings. The molecule has 4 heteroatoms. The molecule has 3 rings (SSSR count). The van der Waals surface area contributed by atoms with Crippen LogP contribution >= 0.6 is 0 Å². The number of carboxylic acid groups (broad SMARTS) is 1. The summed E-state index contributed by atoms with van der Waals surface area (Å²) in [5.74, 6) is 0.0426. The van der Waals surface area contributed by atoms with Gasteiger partial charge in [-0.05, 0) is 80.1 Å². The zero-order valence-electron chi connectivity index (χ0n) is 18.4. The number of benzene rings is 3. The average molecular weight is 418 g/mol. The number of aromatic carboxylic acids is 1. The number of carboxylic acids is 1. The third-order valence-corrected chi connectivity index (χ3v) is 5.52. The van der Waals surface area contributed by atoms with Crippen LogP contribution in [0.4, 0.5) is 5.69 Å². The van der Waals surface area contributed by atoms with E-state index in [0.717, 1.165) is 49.2 Å². The molecule has 0 fully saturated rings. The molecule has 0 heterocycles. The molecule has 0 atom stereocenters. The second-order valence-electron chi connectivity index (χ2n) is 7.59. The molecule has 0 bridgehead atoms. The lowest BCUT2D eigenvalue weighted by atomic mass is 10.0. The minimum Gasteiger partial charge on any atom is -0.489 e. The second-order valence-corrected chi connectivity index (χ2v) is 7.59. The van der Waals surface area contributed by atoms with E-state index in [-0.39, 0.29) is 0 Å². The van der Waals surface area contributed by atoms with Crippen LogP contribution in [0.15, 0.2) is 72.8 Å². The molecular formula is C27H31NO3. The maximum atomic E-state index is 11.0. The highest BCUT2D eigenvalue weighted by Gasteiger charge is 2.10. The molecule has 0 aliphatic rings. The van der Waals surface area contributed by atoms with Gasteiger partial charge in [0.1, 0.15) is 12.4 Å². The van der Waals surface area contributed by atoms with E-state index in [1.165, 1.54) is 11.3 Å². The van der Waals surface area contributed by atoms with Crippen LogP contribution in [0.25, 0.3) is 0 Å². The number of hydrogen-bond acceptors (Lipinski definition) is 3. The Morgan fingerprint density at radius 3 is 2.23 bits per heavy atom. The number of rotatable bonds is 11. The number of hydrogen-bond donors (Lipinski definition) is 1. The third-order valence-electron chi connectivity index (χ3n) is 5.52. The van der Waals surface area contributed by atoms with Crippen LogP contribution in [0.1, 0.15) is 47.3 Å². The summed E-state index contributed by atoms with van der Waals surface area (Å²) < 4.78 is 6.19. The largest absolute Gasteiger partial charge is 0.489 e. The Labute approximate surface area is 185 Å². The van der Waals surface area contributed by atoms with Crippen LogP contribution in [0.5, 0.6) is 5.75 Å². The van der Waals surface area contributed by atoms with Crippen molar-refractivity contribution in [3.8, 4) is 5.75 Å². The molecule has 1 N–H and O–H groups in total. The lowest BCUT2D eigenvalue weighted by molar-refractivity contribution is 0.0697. The predicted octanol–water partition coefficient (Wildman–Crippen LogP) is 5.99. The van der Waals surface area contributed by atoms with Gasteiger partial charge in [-0.15, -0.1) is 0 Å². The van der Waals surface area contributed by atoms with Crippen molar-refractivity contribution in [2.45, 2.75) is 39.7 Å². The van der Waals surface area contributed by atoms with Crippen LogP contribution < -0.4 is 9.64 Å². The summed E-state index contributed by atoms with van der Waals surface area (Å²) in [6, 6.07) is 23.9. The lowest BCUT2D eigenvalue weighted by Crippen LogP contribution is -2.21. The van der Waals surface area contributed by atoms with Gasteiger partial charge in [0.05, 0.1) is 5.56 Å². The van der Waals surface area contributed by atoms with Crippen LogP contribution in [0.2, 0.25) is 0 Å². The number of anilines is 1. The second kappa shape index (κ2) is 11.2. The predicted molar refractivity (Wildman–Crippen MR) is 126 cm³/mol. The maximum absolute atomic E-state index is 11.0. The fourth-order valence-corrected chi connectivity index (χ4v) is 3.72. The van der Waals surface area contributed by atoms with Crippen LogP contribution in [0, 0.1) is 0 Å². The van der Waals surface area contributed by atoms with E-state index in [1.54, 1.807) is 12.1 Å². The number of nitrogens with zero attached hydrogens (tertiary/aromatic N) is 1. The first-order valence-corrected chi connectivity index (χ1v) is 11.0. The zero-order chi connectivity index (χ0) is 22.1. The Hall–Kier alpha value is -3.27. The van der Waals surface area contributed by atoms with Gasteiger partial charge >= 0.3 is 5.97 Å². The molecule has 0 aliphatic carbocycles. The summed E-state index contributed by atoms with van der Waals surface area (Å²) in [7, 11) is 0. The van der Waals surface area contributed by atoms with Gasteiger partial charge in [-0.25, -0.2) is 4.79 Å². The molecule has 0 radical (unpaired) electrons. The van der Waals surface area contributed by atoms with Gasteiger partial charge in [0.25, 0.3) is 0 Å². The lowest BCUT2D eigenvalue weighted by Gasteiger charge is -2.23. The smallest absolute Gasteiger partial charge is 0.335 e. The van der Waals surface area contributed by atoms with Crippen molar-refractivity contribution >= 4 is 11.7 Å². The minimum absolute atomic E-state index is 0.326. The monoisotopic (exact) mass is 417 g/mol. The van der Waals surface area contributed by atoms with E-state index in [1.807, 2.05) is 30.3 Å². The molecule has 3 aromatic carbocycles. The minimum atomic E-state index is -0.889. The van der Waals surface area contributed by atoms with Gasteiger partial charge in [-0.2, -0.15) is 0 Å². The Morgan fingerprint density at radius 1 is 0.871 bits per heavy atom. The standard InChI is InChI=1S/C27H31NO3/c1-3-28(4-2)25-17-18-26(31-20-22-9-6-5-7-10-22)24(19-25)12-8-11-21-13-15-23(16-14-21)27(29)30/h5-7,9-10,13-19H,3-4,8,11-12,20H2,1-2H3,(H,29,30). The molecule has 0 saturated carbocycles. The Balaban J connectivity index is 1.71. The van der Waals surface area contributed by atoms with Crippen LogP contribution in [-0.4, -0.2) is 24.2 Å². The van der Waals surface area contributed by atoms with Crippen molar-refractivity contribution < 1.29 is 14.6 Å². The topological polar surface area (TPSA) is 49.8 Å². The van der Waals surface area contributed by atoms with Gasteiger partial charge < -0.3 is 14.7 Å². The first-order valence-electron chi connectivity index (χ1n) is 11.0. The van der Waals surface area contributed by atoms with Crippen molar-refractivity contribution in [2.24, 2.45) is 0 Å². The van der Waals surface area contributed by atoms with E-state index < -0.39 is 5.97 Å². The van der Waals surface area contributed by atoms with Gasteiger partial charge in [-0.1, -0.05) is 42.5 Å². The number of aryl methyl sites for hydroxylation is 2. The third kappa shape index (κ3) is 6.35. The summed E-state index contributed by atoms with van der Waals surface area (Å²) in [4.78, 5) is 13.4. The van der Waals surface area contributed by atoms with Gasteiger partial charge in [0.2, 0.25) is 0 Å². The molecule has 0 aliphatic heterocycles. The fraction of sp³-hybridized carbons (Fsp3) is 0.296. The van der Waals surface area contributed by atoms with E-state index >= 15 is 0 Å². The van der Waals surface area contributed by atoms with Crippen LogP contribution in [0.3, 0.4) is 0 Å². The first kappa shape index (κ1) is 22.4. The van der Waals surface area contributed by atoms with Crippen molar-refractivity contribution in [2.75, 3.05) is 18.0 Å². The summed E-state index contributed by atoms with van der Waals surface area (Å²) in [5.41, 5.74) is 5.06. The van der Waals surface area contributed by atoms with E-state index in [4.69, 9.17) is 9.84 Å². The molecule has 31 heavy (non-hydrogen) atoms. The van der Waals surface area contributed by atoms with E-state index in [2.05, 4.69) is 49.1 Å². The summed E-state index contributed by atoms with van der Waals surface area (Å²) >= 11 is 0. The molecule has 4 nitrogen and oxygen atoms in total. The zero-order valence-corrected chi connectivity index (χ0v) is 18.4. The number of carbonyl (C=O) groups is 1. The molecule has 0 aromatic heterocycles. The summed E-state index contributed by atoms with van der Waals surface area (Å²) in [6.07, 6.45) is 2.77. The van der Waals surface area contributed by atoms with Crippen molar-refractivity contribution in [3.05, 3.63) is 95.1 Å². The molecular weight excluding hydrogens is 386 g/mol. The highest BCUT2D eigenvalue weighted by atomic mass is 16.5. The molecule has 0 spiro atoms. The Kier molecular flexibility index (Phi) is 8.11. The van der Waals surface area contributed by atoms with Gasteiger partial charge in [0.15, 0.2) is 0 Å². The Bertz CT molecular complexity index is 964. The molecule has 0 unspecified atom stereocenters. The highest BCUT2D eigenvalue weighted by Crippen LogP contribution is 2.28. The van der Waals surface area contributed by atoms with Gasteiger partial charge in [-0.3, -0.25) is 0 Å². The molecule has 0 amide bonds. The van der Waals surface area contributed by atoms with Crippen molar-refractivity contribution in [1.29, 1.82) is 0 Å². The molecule has 162 valence electrons. The summed E-state index contributed by atoms with van der Waals surface area (Å²) in [6.45, 7) is 6.83. The Morgan fingerprint density at radius 2 is 1.58 bits per heavy atom. The maximum Gasteiger partial charge on any atom is 0.335 e. The van der Waals surface area contributed by atoms with E-state index in [9.17, 15) is 4.79 Å². The van der Waals surface area contributed by atoms with E-state index in [0.29, 0.717) is 12.2 Å². The molecule has 0 saturated heterocycles.